The second-order valence-corrected chi connectivity index (χ2v) is 27.0. The number of hydrogen-bond acceptors (Lipinski definition) is 8. The highest BCUT2D eigenvalue weighted by molar-refractivity contribution is 7.45. The van der Waals surface area contributed by atoms with E-state index in [4.69, 9.17) is 18.5 Å². The molecule has 0 aromatic heterocycles. The maximum Gasteiger partial charge on any atom is 0.306 e. The fourth-order valence-electron chi connectivity index (χ4n) is 10.8. The zero-order valence-electron chi connectivity index (χ0n) is 54.3. The molecule has 0 rings (SSSR count). The van der Waals surface area contributed by atoms with Crippen LogP contribution >= 0.6 is 7.82 Å². The molecule has 0 saturated carbocycles. The van der Waals surface area contributed by atoms with E-state index in [2.05, 4.69) is 26.0 Å². The maximum absolute atomic E-state index is 12.8. The topological polar surface area (TPSA) is 111 Å². The molecule has 476 valence electrons. The molecule has 0 radical (unpaired) electrons. The summed E-state index contributed by atoms with van der Waals surface area (Å²) in [7, 11) is 1.18. The van der Waals surface area contributed by atoms with Gasteiger partial charge in [-0.1, -0.05) is 334 Å². The molecule has 80 heavy (non-hydrogen) atoms. The summed E-state index contributed by atoms with van der Waals surface area (Å²) in [6.45, 7) is 4.30. The first kappa shape index (κ1) is 78.8. The van der Waals surface area contributed by atoms with Crippen LogP contribution in [0.1, 0.15) is 373 Å². The third-order valence-corrected chi connectivity index (χ3v) is 17.2. The fraction of sp³-hybridized carbons (Fsp3) is 0.943. The number of phosphoric acid groups is 1. The molecule has 0 aromatic rings. The standard InChI is InChI=1S/C70H138NO8P/c1-6-8-10-12-14-16-18-20-22-24-26-27-28-29-30-31-32-33-34-35-36-37-38-39-40-41-42-43-44-45-47-48-50-52-54-56-58-60-62-69(72)76-66-68(67-78-80(74,75)77-65-64-71(3,4)5)79-70(73)63-61-59-57-55-53-51-49-46-25-23-21-19-17-15-13-11-9-7-2/h23,25,68H,6-22,24,26-67H2,1-5H3/b25-23-. The van der Waals surface area contributed by atoms with Crippen molar-refractivity contribution in [2.75, 3.05) is 47.5 Å². The lowest BCUT2D eigenvalue weighted by molar-refractivity contribution is -0.870. The molecule has 0 saturated heterocycles. The van der Waals surface area contributed by atoms with Gasteiger partial charge in [-0.15, -0.1) is 0 Å². The van der Waals surface area contributed by atoms with E-state index in [0.717, 1.165) is 44.9 Å². The minimum Gasteiger partial charge on any atom is -0.756 e. The number of hydrogen-bond donors (Lipinski definition) is 0. The first-order valence-corrected chi connectivity index (χ1v) is 36.9. The third-order valence-electron chi connectivity index (χ3n) is 16.3. The molecule has 9 nitrogen and oxygen atoms in total. The molecule has 0 fully saturated rings. The van der Waals surface area contributed by atoms with Gasteiger partial charge in [0, 0.05) is 12.8 Å². The first-order valence-electron chi connectivity index (χ1n) is 35.4. The zero-order chi connectivity index (χ0) is 58.4. The maximum atomic E-state index is 12.8. The molecule has 2 unspecified atom stereocenters. The van der Waals surface area contributed by atoms with Crippen LogP contribution in [0.25, 0.3) is 0 Å². The van der Waals surface area contributed by atoms with Gasteiger partial charge < -0.3 is 27.9 Å². The van der Waals surface area contributed by atoms with Crippen molar-refractivity contribution >= 4 is 19.8 Å². The van der Waals surface area contributed by atoms with Gasteiger partial charge in [0.1, 0.15) is 19.8 Å². The van der Waals surface area contributed by atoms with E-state index in [1.165, 1.54) is 295 Å². The second kappa shape index (κ2) is 62.3. The Balaban J connectivity index is 3.86. The van der Waals surface area contributed by atoms with E-state index in [9.17, 15) is 19.0 Å². The number of nitrogens with zero attached hydrogens (tertiary/aromatic N) is 1. The Bertz CT molecular complexity index is 1350. The summed E-state index contributed by atoms with van der Waals surface area (Å²) in [5.74, 6) is -0.817. The molecule has 0 aliphatic heterocycles. The average Bonchev–Trinajstić information content (AvgIpc) is 3.42. The summed E-state index contributed by atoms with van der Waals surface area (Å²) in [6, 6.07) is 0. The van der Waals surface area contributed by atoms with Crippen molar-refractivity contribution in [3.8, 4) is 0 Å². The zero-order valence-corrected chi connectivity index (χ0v) is 55.2. The van der Waals surface area contributed by atoms with Gasteiger partial charge in [0.2, 0.25) is 0 Å². The highest BCUT2D eigenvalue weighted by Crippen LogP contribution is 2.38. The van der Waals surface area contributed by atoms with Gasteiger partial charge in [-0.25, -0.2) is 0 Å². The van der Waals surface area contributed by atoms with Crippen molar-refractivity contribution in [3.63, 3.8) is 0 Å². The predicted octanol–water partition coefficient (Wildman–Crippen LogP) is 22.1. The van der Waals surface area contributed by atoms with Crippen molar-refractivity contribution in [1.82, 2.24) is 0 Å². The molecule has 0 bridgehead atoms. The van der Waals surface area contributed by atoms with Gasteiger partial charge in [0.05, 0.1) is 27.7 Å². The molecule has 10 heteroatoms. The molecule has 0 heterocycles. The van der Waals surface area contributed by atoms with Crippen LogP contribution in [-0.4, -0.2) is 70.0 Å². The molecule has 2 atom stereocenters. The van der Waals surface area contributed by atoms with Crippen molar-refractivity contribution in [1.29, 1.82) is 0 Å². The number of likely N-dealkylation sites (N-methyl/N-ethyl adjacent to an activating group) is 1. The van der Waals surface area contributed by atoms with Gasteiger partial charge in [-0.3, -0.25) is 14.2 Å². The van der Waals surface area contributed by atoms with E-state index in [1.54, 1.807) is 0 Å². The summed E-state index contributed by atoms with van der Waals surface area (Å²) >= 11 is 0. The number of allylic oxidation sites excluding steroid dienone is 2. The SMILES string of the molecule is CCCCCCCCC/C=C\CCCCCCCCCC(=O)OC(COC(=O)CCCCCCCCCCCCCCCCCCCCCCCCCCCCCCCCCCCCCCCC)COP(=O)([O-])OCC[N+](C)(C)C. The highest BCUT2D eigenvalue weighted by atomic mass is 31.2. The number of rotatable bonds is 67. The highest BCUT2D eigenvalue weighted by Gasteiger charge is 2.22. The number of carbonyl (C=O) groups excluding carboxylic acids is 2. The summed E-state index contributed by atoms with van der Waals surface area (Å²) < 4.78 is 34.3. The number of carbonyl (C=O) groups is 2. The summed E-state index contributed by atoms with van der Waals surface area (Å²) in [5.41, 5.74) is 0. The van der Waals surface area contributed by atoms with Crippen LogP contribution in [-0.2, 0) is 32.7 Å². The lowest BCUT2D eigenvalue weighted by Gasteiger charge is -2.28. The van der Waals surface area contributed by atoms with Gasteiger partial charge in [-0.2, -0.15) is 0 Å². The number of quaternary nitrogens is 1. The average molecular weight is 1150 g/mol. The molecule has 0 aromatic carbocycles. The smallest absolute Gasteiger partial charge is 0.306 e. The Morgan fingerprint density at radius 3 is 0.925 bits per heavy atom. The van der Waals surface area contributed by atoms with E-state index in [0.29, 0.717) is 17.4 Å². The van der Waals surface area contributed by atoms with E-state index < -0.39 is 26.5 Å². The normalized spacial score (nSPS) is 13.1. The van der Waals surface area contributed by atoms with Crippen LogP contribution in [0.2, 0.25) is 0 Å². The van der Waals surface area contributed by atoms with Gasteiger partial charge in [-0.05, 0) is 38.5 Å². The van der Waals surface area contributed by atoms with Crippen LogP contribution in [0.5, 0.6) is 0 Å². The van der Waals surface area contributed by atoms with Crippen molar-refractivity contribution < 1.29 is 42.1 Å². The Hall–Kier alpha value is -1.25. The van der Waals surface area contributed by atoms with E-state index in [1.807, 2.05) is 21.1 Å². The van der Waals surface area contributed by atoms with Crippen LogP contribution < -0.4 is 4.89 Å². The molecule has 0 amide bonds. The Morgan fingerprint density at radius 2 is 0.637 bits per heavy atom. The van der Waals surface area contributed by atoms with E-state index >= 15 is 0 Å². The summed E-state index contributed by atoms with van der Waals surface area (Å²) in [6.07, 6.45) is 76.1. The van der Waals surface area contributed by atoms with E-state index in [-0.39, 0.29) is 32.0 Å². The number of unbranched alkanes of at least 4 members (excludes halogenated alkanes) is 51. The minimum absolute atomic E-state index is 0.0279. The third kappa shape index (κ3) is 65.9. The number of phosphoric ester groups is 1. The Morgan fingerprint density at radius 1 is 0.375 bits per heavy atom. The van der Waals surface area contributed by atoms with Crippen LogP contribution in [0, 0.1) is 0 Å². The molecule has 0 N–H and O–H groups in total. The van der Waals surface area contributed by atoms with Crippen LogP contribution in [0.15, 0.2) is 12.2 Å². The summed E-state index contributed by atoms with van der Waals surface area (Å²) in [5, 5.41) is 0. The van der Waals surface area contributed by atoms with Crippen molar-refractivity contribution in [3.05, 3.63) is 12.2 Å². The van der Waals surface area contributed by atoms with Crippen molar-refractivity contribution in [2.24, 2.45) is 0 Å². The number of esters is 2. The number of ether oxygens (including phenoxy) is 2. The molecule has 0 spiro atoms. The largest absolute Gasteiger partial charge is 0.756 e. The Kier molecular flexibility index (Phi) is 61.3. The lowest BCUT2D eigenvalue weighted by Crippen LogP contribution is -2.37. The fourth-order valence-corrected chi connectivity index (χ4v) is 11.6. The molecular weight excluding hydrogens is 1010 g/mol. The van der Waals surface area contributed by atoms with Gasteiger partial charge in [0.25, 0.3) is 7.82 Å². The Labute approximate surface area is 498 Å². The van der Waals surface area contributed by atoms with Crippen LogP contribution in [0.4, 0.5) is 0 Å². The summed E-state index contributed by atoms with van der Waals surface area (Å²) in [4.78, 5) is 38.0. The first-order chi connectivity index (χ1) is 39.0. The monoisotopic (exact) mass is 1150 g/mol. The quantitative estimate of drug-likeness (QED) is 0.0195. The molecule has 0 aliphatic rings. The van der Waals surface area contributed by atoms with Crippen LogP contribution in [0.3, 0.4) is 0 Å². The van der Waals surface area contributed by atoms with Gasteiger partial charge in [0.15, 0.2) is 6.10 Å². The second-order valence-electron chi connectivity index (χ2n) is 25.6. The van der Waals surface area contributed by atoms with Crippen molar-refractivity contribution in [2.45, 2.75) is 380 Å². The minimum atomic E-state index is -4.63. The lowest BCUT2D eigenvalue weighted by atomic mass is 10.0. The molecule has 0 aliphatic carbocycles. The van der Waals surface area contributed by atoms with Gasteiger partial charge >= 0.3 is 11.9 Å². The predicted molar refractivity (Wildman–Crippen MR) is 342 cm³/mol. The molecular formula is C70H138NO8P.